The lowest BCUT2D eigenvalue weighted by molar-refractivity contribution is -0.148. The Labute approximate surface area is 121 Å². The highest BCUT2D eigenvalue weighted by atomic mass is 16.4. The molecule has 0 aliphatic carbocycles. The fourth-order valence-corrected chi connectivity index (χ4v) is 2.91. The summed E-state index contributed by atoms with van der Waals surface area (Å²) in [5, 5.41) is 9.40. The minimum absolute atomic E-state index is 0.122. The average molecular weight is 287 g/mol. The highest BCUT2D eigenvalue weighted by Crippen LogP contribution is 2.35. The van der Waals surface area contributed by atoms with Gasteiger partial charge in [0.15, 0.2) is 0 Å². The van der Waals surface area contributed by atoms with E-state index in [1.54, 1.807) is 29.4 Å². The summed E-state index contributed by atoms with van der Waals surface area (Å²) in [5.74, 6) is -0.938. The number of amides is 1. The maximum atomic E-state index is 12.5. The highest BCUT2D eigenvalue weighted by molar-refractivity contribution is 5.98. The van der Waals surface area contributed by atoms with Gasteiger partial charge < -0.3 is 15.0 Å². The first-order chi connectivity index (χ1) is 10.1. The maximum absolute atomic E-state index is 12.5. The van der Waals surface area contributed by atoms with Crippen molar-refractivity contribution in [2.24, 2.45) is 5.41 Å². The predicted octanol–water partition coefficient (Wildman–Crippen LogP) is 1.89. The van der Waals surface area contributed by atoms with E-state index in [2.05, 4.69) is 9.97 Å². The van der Waals surface area contributed by atoms with Gasteiger partial charge in [-0.15, -0.1) is 0 Å². The number of carbonyl (C=O) groups excluding carboxylic acids is 1. The molecular formula is C15H17N3O3. The van der Waals surface area contributed by atoms with E-state index in [1.165, 1.54) is 0 Å². The third-order valence-corrected chi connectivity index (χ3v) is 4.44. The van der Waals surface area contributed by atoms with Crippen LogP contribution in [0.3, 0.4) is 0 Å². The number of imidazole rings is 1. The molecule has 1 aromatic heterocycles. The Morgan fingerprint density at radius 1 is 1.48 bits per heavy atom. The molecule has 0 spiro atoms. The zero-order chi connectivity index (χ0) is 15.0. The summed E-state index contributed by atoms with van der Waals surface area (Å²) in [4.78, 5) is 32.7. The summed E-state index contributed by atoms with van der Waals surface area (Å²) in [7, 11) is 0. The lowest BCUT2D eigenvalue weighted by atomic mass is 9.84. The number of fused-ring (bicyclic) bond motifs is 1. The van der Waals surface area contributed by atoms with Gasteiger partial charge in [-0.3, -0.25) is 9.59 Å². The Hall–Kier alpha value is -2.37. The first-order valence-corrected chi connectivity index (χ1v) is 7.01. The molecule has 1 amide bonds. The summed E-state index contributed by atoms with van der Waals surface area (Å²) >= 11 is 0. The third kappa shape index (κ3) is 2.16. The van der Waals surface area contributed by atoms with Crippen molar-refractivity contribution in [1.29, 1.82) is 0 Å². The molecule has 1 aromatic carbocycles. The number of carboxylic acids is 1. The molecule has 1 atom stereocenters. The number of hydrogen-bond acceptors (Lipinski definition) is 3. The molecule has 0 radical (unpaired) electrons. The van der Waals surface area contributed by atoms with Crippen molar-refractivity contribution in [1.82, 2.24) is 14.9 Å². The first-order valence-electron chi connectivity index (χ1n) is 7.01. The second-order valence-corrected chi connectivity index (χ2v) is 5.55. The molecule has 6 heteroatoms. The molecule has 1 fully saturated rings. The van der Waals surface area contributed by atoms with E-state index in [1.807, 2.05) is 6.92 Å². The van der Waals surface area contributed by atoms with Gasteiger partial charge in [0.25, 0.3) is 5.91 Å². The van der Waals surface area contributed by atoms with Crippen LogP contribution in [0.15, 0.2) is 24.5 Å². The number of aromatic amines is 1. The van der Waals surface area contributed by atoms with Gasteiger partial charge in [0.2, 0.25) is 0 Å². The number of aromatic nitrogens is 2. The number of likely N-dealkylation sites (tertiary alicyclic amines) is 1. The Morgan fingerprint density at radius 3 is 2.95 bits per heavy atom. The fourth-order valence-electron chi connectivity index (χ4n) is 2.91. The normalized spacial score (nSPS) is 21.9. The van der Waals surface area contributed by atoms with Gasteiger partial charge in [-0.05, 0) is 31.0 Å². The van der Waals surface area contributed by atoms with Gasteiger partial charge in [-0.1, -0.05) is 6.92 Å². The number of rotatable bonds is 3. The smallest absolute Gasteiger partial charge is 0.311 e. The van der Waals surface area contributed by atoms with Crippen molar-refractivity contribution in [3.05, 3.63) is 30.1 Å². The van der Waals surface area contributed by atoms with Crippen LogP contribution in [0.2, 0.25) is 0 Å². The number of aliphatic carboxylic acids is 1. The van der Waals surface area contributed by atoms with Crippen molar-refractivity contribution in [2.45, 2.75) is 19.8 Å². The molecule has 2 aromatic rings. The molecule has 2 heterocycles. The summed E-state index contributed by atoms with van der Waals surface area (Å²) in [6, 6.07) is 5.29. The van der Waals surface area contributed by atoms with E-state index in [-0.39, 0.29) is 12.5 Å². The quantitative estimate of drug-likeness (QED) is 0.902. The Balaban J connectivity index is 1.84. The van der Waals surface area contributed by atoms with Crippen LogP contribution < -0.4 is 0 Å². The summed E-state index contributed by atoms with van der Waals surface area (Å²) in [6.07, 6.45) is 2.63. The van der Waals surface area contributed by atoms with Crippen LogP contribution in [0.4, 0.5) is 0 Å². The monoisotopic (exact) mass is 287 g/mol. The molecule has 2 N–H and O–H groups in total. The third-order valence-electron chi connectivity index (χ3n) is 4.44. The number of benzene rings is 1. The molecule has 1 saturated heterocycles. The Bertz CT molecular complexity index is 709. The SMILES string of the molecule is CCC1(C(=O)O)CCN(C(=O)c2ccc3nc[nH]c3c2)C1. The van der Waals surface area contributed by atoms with Gasteiger partial charge in [0, 0.05) is 18.7 Å². The first kappa shape index (κ1) is 13.6. The average Bonchev–Trinajstić information content (AvgIpc) is 3.13. The van der Waals surface area contributed by atoms with Gasteiger partial charge in [0.1, 0.15) is 0 Å². The van der Waals surface area contributed by atoms with Crippen molar-refractivity contribution in [3.63, 3.8) is 0 Å². The predicted molar refractivity (Wildman–Crippen MR) is 77.0 cm³/mol. The molecule has 6 nitrogen and oxygen atoms in total. The molecular weight excluding hydrogens is 270 g/mol. The van der Waals surface area contributed by atoms with Gasteiger partial charge in [0.05, 0.1) is 22.8 Å². The number of carboxylic acid groups (broad SMARTS) is 1. The number of hydrogen-bond donors (Lipinski definition) is 2. The van der Waals surface area contributed by atoms with Crippen molar-refractivity contribution >= 4 is 22.9 Å². The topological polar surface area (TPSA) is 86.3 Å². The van der Waals surface area contributed by atoms with E-state index < -0.39 is 11.4 Å². The van der Waals surface area contributed by atoms with Gasteiger partial charge in [-0.2, -0.15) is 0 Å². The van der Waals surface area contributed by atoms with E-state index in [0.717, 1.165) is 11.0 Å². The zero-order valence-electron chi connectivity index (χ0n) is 11.8. The maximum Gasteiger partial charge on any atom is 0.311 e. The second kappa shape index (κ2) is 4.87. The number of carbonyl (C=O) groups is 2. The molecule has 1 aliphatic rings. The molecule has 3 rings (SSSR count). The lowest BCUT2D eigenvalue weighted by Gasteiger charge is -2.23. The zero-order valence-corrected chi connectivity index (χ0v) is 11.8. The number of nitrogens with one attached hydrogen (secondary N) is 1. The number of H-pyrrole nitrogens is 1. The molecule has 0 saturated carbocycles. The van der Waals surface area contributed by atoms with Crippen molar-refractivity contribution in [2.75, 3.05) is 13.1 Å². The number of nitrogens with zero attached hydrogens (tertiary/aromatic N) is 2. The van der Waals surface area contributed by atoms with Crippen molar-refractivity contribution in [3.8, 4) is 0 Å². The van der Waals surface area contributed by atoms with E-state index in [4.69, 9.17) is 0 Å². The summed E-state index contributed by atoms with van der Waals surface area (Å²) in [5.41, 5.74) is 1.37. The minimum atomic E-state index is -0.815. The van der Waals surface area contributed by atoms with Crippen LogP contribution in [0, 0.1) is 5.41 Å². The largest absolute Gasteiger partial charge is 0.481 e. The Kier molecular flexibility index (Phi) is 3.16. The molecule has 21 heavy (non-hydrogen) atoms. The van der Waals surface area contributed by atoms with Gasteiger partial charge in [-0.25, -0.2) is 4.98 Å². The Morgan fingerprint density at radius 2 is 2.29 bits per heavy atom. The molecule has 1 aliphatic heterocycles. The standard InChI is InChI=1S/C15H17N3O3/c1-2-15(14(20)21)5-6-18(8-15)13(19)10-3-4-11-12(7-10)17-9-16-11/h3-4,7,9H,2,5-6,8H2,1H3,(H,16,17)(H,20,21). The summed E-state index contributed by atoms with van der Waals surface area (Å²) in [6.45, 7) is 2.62. The second-order valence-electron chi connectivity index (χ2n) is 5.55. The minimum Gasteiger partial charge on any atom is -0.481 e. The van der Waals surface area contributed by atoms with Crippen LogP contribution in [0.5, 0.6) is 0 Å². The van der Waals surface area contributed by atoms with Crippen LogP contribution in [-0.2, 0) is 4.79 Å². The highest BCUT2D eigenvalue weighted by Gasteiger charge is 2.44. The molecule has 110 valence electrons. The van der Waals surface area contributed by atoms with Crippen LogP contribution in [-0.4, -0.2) is 44.9 Å². The van der Waals surface area contributed by atoms with Crippen LogP contribution >= 0.6 is 0 Å². The van der Waals surface area contributed by atoms with E-state index in [0.29, 0.717) is 24.9 Å². The van der Waals surface area contributed by atoms with E-state index in [9.17, 15) is 14.7 Å². The van der Waals surface area contributed by atoms with Crippen molar-refractivity contribution < 1.29 is 14.7 Å². The molecule has 0 bridgehead atoms. The van der Waals surface area contributed by atoms with E-state index >= 15 is 0 Å². The summed E-state index contributed by atoms with van der Waals surface area (Å²) < 4.78 is 0. The van der Waals surface area contributed by atoms with Gasteiger partial charge >= 0.3 is 5.97 Å². The lowest BCUT2D eigenvalue weighted by Crippen LogP contribution is -2.36. The van der Waals surface area contributed by atoms with Crippen LogP contribution in [0.1, 0.15) is 30.1 Å². The van der Waals surface area contributed by atoms with Crippen LogP contribution in [0.25, 0.3) is 11.0 Å². The fraction of sp³-hybridized carbons (Fsp3) is 0.400. The molecule has 1 unspecified atom stereocenters.